The van der Waals surface area contributed by atoms with E-state index >= 15 is 0 Å². The first-order chi connectivity index (χ1) is 8.61. The van der Waals surface area contributed by atoms with Crippen molar-refractivity contribution in [2.24, 2.45) is 0 Å². The Morgan fingerprint density at radius 2 is 2.28 bits per heavy atom. The van der Waals surface area contributed by atoms with Crippen molar-refractivity contribution in [3.8, 4) is 5.75 Å². The van der Waals surface area contributed by atoms with Crippen LogP contribution in [0.1, 0.15) is 13.3 Å². The number of methoxy groups -OCH3 is 1. The SMILES string of the molecule is COCCC(=O)NC[C@@H](C)Oc1cccc(F)c1. The number of nitrogens with one attached hydrogen (secondary N) is 1. The number of hydrogen-bond donors (Lipinski definition) is 1. The molecule has 5 heteroatoms. The zero-order valence-corrected chi connectivity index (χ0v) is 10.6. The first-order valence-electron chi connectivity index (χ1n) is 5.79. The van der Waals surface area contributed by atoms with Gasteiger partial charge in [-0.1, -0.05) is 6.07 Å². The van der Waals surface area contributed by atoms with Crippen molar-refractivity contribution in [3.05, 3.63) is 30.1 Å². The third-order valence-electron chi connectivity index (χ3n) is 2.25. The minimum atomic E-state index is -0.344. The van der Waals surface area contributed by atoms with Gasteiger partial charge in [-0.3, -0.25) is 4.79 Å². The third kappa shape index (κ3) is 5.63. The number of halogens is 1. The normalized spacial score (nSPS) is 11.9. The summed E-state index contributed by atoms with van der Waals surface area (Å²) in [6.45, 7) is 2.57. The molecule has 1 aromatic rings. The number of ether oxygens (including phenoxy) is 2. The molecule has 0 aliphatic rings. The number of benzene rings is 1. The molecule has 0 aliphatic carbocycles. The molecule has 0 heterocycles. The zero-order valence-electron chi connectivity index (χ0n) is 10.6. The lowest BCUT2D eigenvalue weighted by atomic mass is 10.3. The molecule has 100 valence electrons. The van der Waals surface area contributed by atoms with Gasteiger partial charge in [0.15, 0.2) is 0 Å². The predicted molar refractivity (Wildman–Crippen MR) is 66.0 cm³/mol. The molecule has 1 amide bonds. The van der Waals surface area contributed by atoms with Crippen LogP contribution in [0.3, 0.4) is 0 Å². The fourth-order valence-electron chi connectivity index (χ4n) is 1.35. The van der Waals surface area contributed by atoms with Crippen LogP contribution >= 0.6 is 0 Å². The predicted octanol–water partition coefficient (Wildman–Crippen LogP) is 1.75. The van der Waals surface area contributed by atoms with Gasteiger partial charge in [0.05, 0.1) is 13.2 Å². The highest BCUT2D eigenvalue weighted by molar-refractivity contribution is 5.75. The summed E-state index contributed by atoms with van der Waals surface area (Å²) in [7, 11) is 1.54. The van der Waals surface area contributed by atoms with E-state index in [4.69, 9.17) is 9.47 Å². The van der Waals surface area contributed by atoms with Crippen LogP contribution < -0.4 is 10.1 Å². The molecule has 4 nitrogen and oxygen atoms in total. The first-order valence-corrected chi connectivity index (χ1v) is 5.79. The summed E-state index contributed by atoms with van der Waals surface area (Å²) in [5.74, 6) is 0.0176. The smallest absolute Gasteiger partial charge is 0.222 e. The Balaban J connectivity index is 2.29. The Morgan fingerprint density at radius 3 is 2.94 bits per heavy atom. The lowest BCUT2D eigenvalue weighted by Gasteiger charge is -2.15. The van der Waals surface area contributed by atoms with E-state index in [1.165, 1.54) is 12.1 Å². The average Bonchev–Trinajstić information content (AvgIpc) is 2.34. The van der Waals surface area contributed by atoms with Gasteiger partial charge in [-0.2, -0.15) is 0 Å². The van der Waals surface area contributed by atoms with Crippen LogP contribution in [-0.4, -0.2) is 32.3 Å². The van der Waals surface area contributed by atoms with Crippen molar-refractivity contribution in [1.82, 2.24) is 5.32 Å². The maximum absolute atomic E-state index is 12.9. The molecule has 1 atom stereocenters. The Morgan fingerprint density at radius 1 is 1.50 bits per heavy atom. The molecule has 1 aromatic carbocycles. The van der Waals surface area contributed by atoms with Crippen molar-refractivity contribution in [2.45, 2.75) is 19.4 Å². The van der Waals surface area contributed by atoms with Crippen LogP contribution in [0.15, 0.2) is 24.3 Å². The second-order valence-electron chi connectivity index (χ2n) is 3.93. The van der Waals surface area contributed by atoms with E-state index in [1.807, 2.05) is 6.92 Å². The summed E-state index contributed by atoms with van der Waals surface area (Å²) in [6, 6.07) is 5.91. The van der Waals surface area contributed by atoms with Gasteiger partial charge < -0.3 is 14.8 Å². The van der Waals surface area contributed by atoms with Crippen LogP contribution in [0.25, 0.3) is 0 Å². The summed E-state index contributed by atoms with van der Waals surface area (Å²) < 4.78 is 23.2. The molecule has 0 spiro atoms. The molecule has 18 heavy (non-hydrogen) atoms. The minimum Gasteiger partial charge on any atom is -0.489 e. The second kappa shape index (κ2) is 7.66. The van der Waals surface area contributed by atoms with Crippen molar-refractivity contribution in [2.75, 3.05) is 20.3 Å². The number of carbonyl (C=O) groups is 1. The lowest BCUT2D eigenvalue weighted by molar-refractivity contribution is -0.122. The highest BCUT2D eigenvalue weighted by atomic mass is 19.1. The Hall–Kier alpha value is -1.62. The zero-order chi connectivity index (χ0) is 13.4. The number of hydrogen-bond acceptors (Lipinski definition) is 3. The van der Waals surface area contributed by atoms with Crippen LogP contribution in [0.5, 0.6) is 5.75 Å². The standard InChI is InChI=1S/C13H18FNO3/c1-10(9-15-13(16)6-7-17-2)18-12-5-3-4-11(14)8-12/h3-5,8,10H,6-7,9H2,1-2H3,(H,15,16)/t10-/m1/s1. The number of carbonyl (C=O) groups excluding carboxylic acids is 1. The van der Waals surface area contributed by atoms with Crippen molar-refractivity contribution >= 4 is 5.91 Å². The molecule has 0 aromatic heterocycles. The van der Waals surface area contributed by atoms with Crippen LogP contribution in [0, 0.1) is 5.82 Å². The van der Waals surface area contributed by atoms with E-state index < -0.39 is 0 Å². The fraction of sp³-hybridized carbons (Fsp3) is 0.462. The van der Waals surface area contributed by atoms with E-state index in [2.05, 4.69) is 5.32 Å². The second-order valence-corrected chi connectivity index (χ2v) is 3.93. The summed E-state index contributed by atoms with van der Waals surface area (Å²) in [6.07, 6.45) is 0.0988. The maximum Gasteiger partial charge on any atom is 0.222 e. The molecule has 0 saturated carbocycles. The number of amides is 1. The van der Waals surface area contributed by atoms with Gasteiger partial charge in [0.2, 0.25) is 5.91 Å². The van der Waals surface area contributed by atoms with E-state index in [0.717, 1.165) is 0 Å². The van der Waals surface area contributed by atoms with Crippen LogP contribution in [0.2, 0.25) is 0 Å². The lowest BCUT2D eigenvalue weighted by Crippen LogP contribution is -2.33. The number of rotatable bonds is 7. The molecule has 0 aliphatic heterocycles. The third-order valence-corrected chi connectivity index (χ3v) is 2.25. The van der Waals surface area contributed by atoms with Gasteiger partial charge in [0, 0.05) is 19.6 Å². The molecule has 0 unspecified atom stereocenters. The van der Waals surface area contributed by atoms with Gasteiger partial charge in [-0.05, 0) is 19.1 Å². The summed E-state index contributed by atoms with van der Waals surface area (Å²) in [5.41, 5.74) is 0. The first kappa shape index (κ1) is 14.4. The van der Waals surface area contributed by atoms with E-state index in [0.29, 0.717) is 25.3 Å². The largest absolute Gasteiger partial charge is 0.489 e. The maximum atomic E-state index is 12.9. The van der Waals surface area contributed by atoms with E-state index in [9.17, 15) is 9.18 Å². The Bertz CT molecular complexity index is 384. The van der Waals surface area contributed by atoms with Gasteiger partial charge in [-0.25, -0.2) is 4.39 Å². The minimum absolute atomic E-state index is 0.0912. The topological polar surface area (TPSA) is 47.6 Å². The summed E-state index contributed by atoms with van der Waals surface area (Å²) >= 11 is 0. The molecular weight excluding hydrogens is 237 g/mol. The summed E-state index contributed by atoms with van der Waals surface area (Å²) in [4.78, 5) is 11.3. The molecule has 1 N–H and O–H groups in total. The Labute approximate surface area is 106 Å². The van der Waals surface area contributed by atoms with Crippen molar-refractivity contribution < 1.29 is 18.7 Å². The molecule has 0 bridgehead atoms. The highest BCUT2D eigenvalue weighted by Gasteiger charge is 2.07. The molecular formula is C13H18FNO3. The van der Waals surface area contributed by atoms with Gasteiger partial charge >= 0.3 is 0 Å². The Kier molecular flexibility index (Phi) is 6.14. The van der Waals surface area contributed by atoms with E-state index in [1.54, 1.807) is 19.2 Å². The monoisotopic (exact) mass is 255 g/mol. The van der Waals surface area contributed by atoms with Gasteiger partial charge in [-0.15, -0.1) is 0 Å². The molecule has 0 saturated heterocycles. The molecule has 0 radical (unpaired) electrons. The molecule has 1 rings (SSSR count). The van der Waals surface area contributed by atoms with Gasteiger partial charge in [0.25, 0.3) is 0 Å². The highest BCUT2D eigenvalue weighted by Crippen LogP contribution is 2.13. The molecule has 0 fully saturated rings. The summed E-state index contributed by atoms with van der Waals surface area (Å²) in [5, 5.41) is 2.71. The average molecular weight is 255 g/mol. The quantitative estimate of drug-likeness (QED) is 0.807. The van der Waals surface area contributed by atoms with Crippen molar-refractivity contribution in [3.63, 3.8) is 0 Å². The van der Waals surface area contributed by atoms with Crippen LogP contribution in [-0.2, 0) is 9.53 Å². The van der Waals surface area contributed by atoms with Gasteiger partial charge in [0.1, 0.15) is 17.7 Å². The van der Waals surface area contributed by atoms with Crippen LogP contribution in [0.4, 0.5) is 4.39 Å². The fourth-order valence-corrected chi connectivity index (χ4v) is 1.35. The van der Waals surface area contributed by atoms with E-state index in [-0.39, 0.29) is 17.8 Å². The van der Waals surface area contributed by atoms with Crippen molar-refractivity contribution in [1.29, 1.82) is 0 Å².